The Morgan fingerprint density at radius 2 is 2.05 bits per heavy atom. The maximum absolute atomic E-state index is 12.2. The van der Waals surface area contributed by atoms with Gasteiger partial charge in [0, 0.05) is 19.5 Å². The number of alkyl halides is 3. The highest BCUT2D eigenvalue weighted by Crippen LogP contribution is 2.28. The topological polar surface area (TPSA) is 57.6 Å². The molecular formula is C12H18F3NO3. The van der Waals surface area contributed by atoms with Crippen LogP contribution < -0.4 is 0 Å². The lowest BCUT2D eigenvalue weighted by Crippen LogP contribution is -2.43. The van der Waals surface area contributed by atoms with Crippen LogP contribution in [0, 0.1) is 11.8 Å². The fourth-order valence-electron chi connectivity index (χ4n) is 2.43. The van der Waals surface area contributed by atoms with Gasteiger partial charge in [-0.05, 0) is 24.7 Å². The standard InChI is InChI=1S/C12H18F3NO3/c1-8(5-11(18)19)9-3-2-4-16(7-9)10(17)6-12(13,14)15/h8-9H,2-7H2,1H3,(H,18,19). The molecule has 1 heterocycles. The zero-order valence-corrected chi connectivity index (χ0v) is 10.7. The summed E-state index contributed by atoms with van der Waals surface area (Å²) in [6.07, 6.45) is -4.57. The van der Waals surface area contributed by atoms with Gasteiger partial charge in [-0.25, -0.2) is 0 Å². The largest absolute Gasteiger partial charge is 0.481 e. The van der Waals surface area contributed by atoms with E-state index in [1.807, 2.05) is 0 Å². The molecule has 1 rings (SSSR count). The molecule has 1 aliphatic rings. The molecule has 2 unspecified atom stereocenters. The lowest BCUT2D eigenvalue weighted by atomic mass is 9.84. The van der Waals surface area contributed by atoms with Crippen LogP contribution in [0.15, 0.2) is 0 Å². The van der Waals surface area contributed by atoms with E-state index in [-0.39, 0.29) is 24.8 Å². The van der Waals surface area contributed by atoms with E-state index in [1.54, 1.807) is 6.92 Å². The fraction of sp³-hybridized carbons (Fsp3) is 0.833. The van der Waals surface area contributed by atoms with Crippen molar-refractivity contribution >= 4 is 11.9 Å². The number of aliphatic carboxylic acids is 1. The average Bonchev–Trinajstić information content (AvgIpc) is 2.26. The van der Waals surface area contributed by atoms with Crippen LogP contribution in [0.1, 0.15) is 32.6 Å². The molecule has 4 nitrogen and oxygen atoms in total. The molecule has 0 saturated carbocycles. The van der Waals surface area contributed by atoms with E-state index in [1.165, 1.54) is 4.90 Å². The van der Waals surface area contributed by atoms with Gasteiger partial charge in [0.05, 0.1) is 0 Å². The van der Waals surface area contributed by atoms with E-state index < -0.39 is 24.5 Å². The minimum absolute atomic E-state index is 0.0219. The van der Waals surface area contributed by atoms with Gasteiger partial charge in [-0.15, -0.1) is 0 Å². The van der Waals surface area contributed by atoms with E-state index in [0.717, 1.165) is 6.42 Å². The third-order valence-corrected chi connectivity index (χ3v) is 3.46. The smallest absolute Gasteiger partial charge is 0.397 e. The predicted molar refractivity (Wildman–Crippen MR) is 61.4 cm³/mol. The Balaban J connectivity index is 2.54. The van der Waals surface area contributed by atoms with Gasteiger partial charge < -0.3 is 10.0 Å². The lowest BCUT2D eigenvalue weighted by molar-refractivity contribution is -0.162. The van der Waals surface area contributed by atoms with Crippen LogP contribution in [0.4, 0.5) is 13.2 Å². The van der Waals surface area contributed by atoms with Crippen LogP contribution in [-0.2, 0) is 9.59 Å². The molecule has 0 aliphatic carbocycles. The summed E-state index contributed by atoms with van der Waals surface area (Å²) >= 11 is 0. The van der Waals surface area contributed by atoms with Gasteiger partial charge >= 0.3 is 12.1 Å². The Hall–Kier alpha value is -1.27. The molecule has 1 amide bonds. The summed E-state index contributed by atoms with van der Waals surface area (Å²) < 4.78 is 36.5. The normalized spacial score (nSPS) is 22.1. The van der Waals surface area contributed by atoms with Gasteiger partial charge in [0.2, 0.25) is 5.91 Å². The first kappa shape index (κ1) is 15.8. The zero-order valence-electron chi connectivity index (χ0n) is 10.7. The molecule has 1 fully saturated rings. The number of halogens is 3. The molecule has 110 valence electrons. The Kier molecular flexibility index (Phi) is 5.20. The molecule has 19 heavy (non-hydrogen) atoms. The number of piperidine rings is 1. The monoisotopic (exact) mass is 281 g/mol. The molecule has 0 bridgehead atoms. The molecule has 1 saturated heterocycles. The zero-order chi connectivity index (χ0) is 14.6. The number of hydrogen-bond donors (Lipinski definition) is 1. The molecule has 2 atom stereocenters. The number of carboxylic acid groups (broad SMARTS) is 1. The van der Waals surface area contributed by atoms with Crippen molar-refractivity contribution in [2.75, 3.05) is 13.1 Å². The third-order valence-electron chi connectivity index (χ3n) is 3.46. The molecule has 0 aromatic heterocycles. The van der Waals surface area contributed by atoms with Crippen LogP contribution in [0.5, 0.6) is 0 Å². The number of carbonyl (C=O) groups excluding carboxylic acids is 1. The van der Waals surface area contributed by atoms with Crippen LogP contribution in [0.2, 0.25) is 0 Å². The second-order valence-corrected chi connectivity index (χ2v) is 5.11. The van der Waals surface area contributed by atoms with Crippen LogP contribution >= 0.6 is 0 Å². The Morgan fingerprint density at radius 1 is 1.42 bits per heavy atom. The first-order chi connectivity index (χ1) is 8.69. The Morgan fingerprint density at radius 3 is 2.58 bits per heavy atom. The quantitative estimate of drug-likeness (QED) is 0.860. The van der Waals surface area contributed by atoms with Crippen LogP contribution in [-0.4, -0.2) is 41.1 Å². The molecule has 1 aliphatic heterocycles. The highest BCUT2D eigenvalue weighted by Gasteiger charge is 2.35. The highest BCUT2D eigenvalue weighted by molar-refractivity contribution is 5.77. The second kappa shape index (κ2) is 6.25. The first-order valence-corrected chi connectivity index (χ1v) is 6.25. The molecule has 0 spiro atoms. The molecule has 0 aromatic carbocycles. The first-order valence-electron chi connectivity index (χ1n) is 6.25. The van der Waals surface area contributed by atoms with Crippen molar-refractivity contribution in [1.29, 1.82) is 0 Å². The summed E-state index contributed by atoms with van der Waals surface area (Å²) in [6.45, 7) is 2.31. The molecule has 0 radical (unpaired) electrons. The lowest BCUT2D eigenvalue weighted by Gasteiger charge is -2.35. The third kappa shape index (κ3) is 5.48. The maximum atomic E-state index is 12.2. The summed E-state index contributed by atoms with van der Waals surface area (Å²) in [7, 11) is 0. The van der Waals surface area contributed by atoms with Gasteiger partial charge in [-0.2, -0.15) is 13.2 Å². The number of nitrogens with zero attached hydrogens (tertiary/aromatic N) is 1. The maximum Gasteiger partial charge on any atom is 0.397 e. The highest BCUT2D eigenvalue weighted by atomic mass is 19.4. The van der Waals surface area contributed by atoms with E-state index in [4.69, 9.17) is 5.11 Å². The number of rotatable bonds is 4. The summed E-state index contributed by atoms with van der Waals surface area (Å²) in [5.41, 5.74) is 0. The van der Waals surface area contributed by atoms with Gasteiger partial charge in [-0.1, -0.05) is 6.92 Å². The van der Waals surface area contributed by atoms with Gasteiger partial charge in [-0.3, -0.25) is 9.59 Å². The number of carboxylic acids is 1. The van der Waals surface area contributed by atoms with E-state index in [9.17, 15) is 22.8 Å². The predicted octanol–water partition coefficient (Wildman–Crippen LogP) is 2.29. The van der Waals surface area contributed by atoms with Gasteiger partial charge in [0.25, 0.3) is 0 Å². The minimum Gasteiger partial charge on any atom is -0.481 e. The fourth-order valence-corrected chi connectivity index (χ4v) is 2.43. The van der Waals surface area contributed by atoms with Crippen molar-refractivity contribution in [2.45, 2.75) is 38.8 Å². The summed E-state index contributed by atoms with van der Waals surface area (Å²) in [6, 6.07) is 0. The van der Waals surface area contributed by atoms with Crippen molar-refractivity contribution in [3.05, 3.63) is 0 Å². The summed E-state index contributed by atoms with van der Waals surface area (Å²) in [5, 5.41) is 8.71. The van der Waals surface area contributed by atoms with E-state index >= 15 is 0 Å². The van der Waals surface area contributed by atoms with E-state index in [2.05, 4.69) is 0 Å². The molecular weight excluding hydrogens is 263 g/mol. The van der Waals surface area contributed by atoms with Gasteiger partial charge in [0.1, 0.15) is 6.42 Å². The van der Waals surface area contributed by atoms with Crippen molar-refractivity contribution in [3.63, 3.8) is 0 Å². The van der Waals surface area contributed by atoms with Crippen LogP contribution in [0.3, 0.4) is 0 Å². The SMILES string of the molecule is CC(CC(=O)O)C1CCCN(C(=O)CC(F)(F)F)C1. The van der Waals surface area contributed by atoms with Crippen LogP contribution in [0.25, 0.3) is 0 Å². The summed E-state index contributed by atoms with van der Waals surface area (Å²) in [4.78, 5) is 23.3. The number of amides is 1. The van der Waals surface area contributed by atoms with Crippen molar-refractivity contribution < 1.29 is 27.9 Å². The number of carbonyl (C=O) groups is 2. The number of hydrogen-bond acceptors (Lipinski definition) is 2. The molecule has 7 heteroatoms. The molecule has 1 N–H and O–H groups in total. The second-order valence-electron chi connectivity index (χ2n) is 5.11. The average molecular weight is 281 g/mol. The van der Waals surface area contributed by atoms with E-state index in [0.29, 0.717) is 13.0 Å². The molecule has 0 aromatic rings. The van der Waals surface area contributed by atoms with Crippen molar-refractivity contribution in [1.82, 2.24) is 4.90 Å². The van der Waals surface area contributed by atoms with Gasteiger partial charge in [0.15, 0.2) is 0 Å². The Labute approximate surface area is 109 Å². The van der Waals surface area contributed by atoms with Crippen molar-refractivity contribution in [2.24, 2.45) is 11.8 Å². The number of likely N-dealkylation sites (tertiary alicyclic amines) is 1. The minimum atomic E-state index is -4.49. The summed E-state index contributed by atoms with van der Waals surface area (Å²) in [5.74, 6) is -2.02. The van der Waals surface area contributed by atoms with Crippen molar-refractivity contribution in [3.8, 4) is 0 Å². The Bertz CT molecular complexity index is 344.